The minimum Gasteiger partial charge on any atom is -0.478 e. The van der Waals surface area contributed by atoms with Crippen molar-refractivity contribution >= 4 is 32.6 Å². The van der Waals surface area contributed by atoms with Gasteiger partial charge in [-0.2, -0.15) is 13.2 Å². The summed E-state index contributed by atoms with van der Waals surface area (Å²) >= 11 is 0. The third kappa shape index (κ3) is 5.33. The van der Waals surface area contributed by atoms with Gasteiger partial charge in [0, 0.05) is 17.5 Å². The predicted octanol–water partition coefficient (Wildman–Crippen LogP) is 6.99. The summed E-state index contributed by atoms with van der Waals surface area (Å²) in [6.07, 6.45) is -3.61. The summed E-state index contributed by atoms with van der Waals surface area (Å²) in [6, 6.07) is 11.5. The van der Waals surface area contributed by atoms with E-state index in [0.29, 0.717) is 10.4 Å². The molecular weight excluding hydrogens is 574 g/mol. The van der Waals surface area contributed by atoms with Gasteiger partial charge in [-0.25, -0.2) is 35.7 Å². The molecule has 0 atom stereocenters. The highest BCUT2D eigenvalue weighted by Gasteiger charge is 2.49. The first kappa shape index (κ1) is 28.4. The molecule has 4 aromatic rings. The van der Waals surface area contributed by atoms with Crippen LogP contribution >= 0.6 is 0 Å². The number of carbonyl (C=O) groups is 1. The normalized spacial score (nSPS) is 14.3. The molecule has 214 valence electrons. The van der Waals surface area contributed by atoms with E-state index in [2.05, 4.69) is 4.98 Å². The molecule has 1 heterocycles. The minimum atomic E-state index is -5.09. The molecule has 1 aliphatic rings. The van der Waals surface area contributed by atoms with Crippen molar-refractivity contribution in [1.82, 2.24) is 4.98 Å². The van der Waals surface area contributed by atoms with Crippen LogP contribution in [-0.4, -0.2) is 24.5 Å². The average molecular weight is 595 g/mol. The molecule has 0 saturated heterocycles. The number of carboxylic acids is 1. The van der Waals surface area contributed by atoms with Gasteiger partial charge in [0.25, 0.3) is 15.9 Å². The summed E-state index contributed by atoms with van der Waals surface area (Å²) in [5.41, 5.74) is -2.75. The second-order valence-corrected chi connectivity index (χ2v) is 11.5. The fraction of sp³-hybridized carbons (Fsp3) is 0.214. The Morgan fingerprint density at radius 1 is 0.976 bits per heavy atom. The summed E-state index contributed by atoms with van der Waals surface area (Å²) in [7, 11) is -4.89. The first-order valence-electron chi connectivity index (χ1n) is 12.2. The van der Waals surface area contributed by atoms with Crippen LogP contribution < -0.4 is 4.31 Å². The van der Waals surface area contributed by atoms with Crippen molar-refractivity contribution < 1.29 is 44.7 Å². The van der Waals surface area contributed by atoms with Gasteiger partial charge in [0.15, 0.2) is 5.82 Å². The van der Waals surface area contributed by atoms with Gasteiger partial charge in [0.05, 0.1) is 22.6 Å². The molecule has 1 fully saturated rings. The smallest absolute Gasteiger partial charge is 0.420 e. The van der Waals surface area contributed by atoms with Crippen molar-refractivity contribution in [3.63, 3.8) is 0 Å². The molecule has 13 heteroatoms. The van der Waals surface area contributed by atoms with Gasteiger partial charge in [-0.05, 0) is 60.2 Å². The molecular formula is C28H20F6N2O4S. The van der Waals surface area contributed by atoms with Gasteiger partial charge in [0.2, 0.25) is 0 Å². The Morgan fingerprint density at radius 2 is 1.63 bits per heavy atom. The third-order valence-corrected chi connectivity index (χ3v) is 8.55. The summed E-state index contributed by atoms with van der Waals surface area (Å²) in [4.78, 5) is 14.5. The molecule has 0 bridgehead atoms. The molecule has 0 unspecified atom stereocenters. The van der Waals surface area contributed by atoms with E-state index in [0.717, 1.165) is 48.7 Å². The molecule has 6 nitrogen and oxygen atoms in total. The Balaban J connectivity index is 1.68. The average Bonchev–Trinajstić information content (AvgIpc) is 3.77. The minimum absolute atomic E-state index is 0.0736. The predicted molar refractivity (Wildman–Crippen MR) is 137 cm³/mol. The van der Waals surface area contributed by atoms with E-state index in [4.69, 9.17) is 5.11 Å². The summed E-state index contributed by atoms with van der Waals surface area (Å²) in [5, 5.41) is 8.87. The standard InChI is InChI=1S/C28H20F6N2O4S/c29-23-13-16(5-12-22(23)27(30,31)19-8-9-19)15-36(41(39,40)20-10-6-17(7-11-20)26(37)38)25-24(28(32,33)34)21-4-2-1-3-18(21)14-35-25/h1-7,10-14,19H,8-9,15H2,(H,37,38). The molecule has 1 aliphatic carbocycles. The largest absolute Gasteiger partial charge is 0.478 e. The molecule has 41 heavy (non-hydrogen) atoms. The van der Waals surface area contributed by atoms with E-state index in [1.54, 1.807) is 0 Å². The van der Waals surface area contributed by atoms with E-state index in [1.165, 1.54) is 18.2 Å². The number of nitrogens with zero attached hydrogens (tertiary/aromatic N) is 2. The van der Waals surface area contributed by atoms with Crippen LogP contribution in [0.2, 0.25) is 0 Å². The second-order valence-electron chi connectivity index (χ2n) is 9.59. The van der Waals surface area contributed by atoms with Crippen LogP contribution in [0.15, 0.2) is 77.8 Å². The van der Waals surface area contributed by atoms with Crippen LogP contribution in [-0.2, 0) is 28.7 Å². The second kappa shape index (κ2) is 10.1. The maximum atomic E-state index is 14.9. The molecule has 0 radical (unpaired) electrons. The van der Waals surface area contributed by atoms with Crippen LogP contribution in [0.1, 0.15) is 39.9 Å². The lowest BCUT2D eigenvalue weighted by Crippen LogP contribution is -2.33. The fourth-order valence-corrected chi connectivity index (χ4v) is 5.97. The van der Waals surface area contributed by atoms with Crippen LogP contribution in [0, 0.1) is 11.7 Å². The lowest BCUT2D eigenvalue weighted by atomic mass is 10.0. The highest BCUT2D eigenvalue weighted by atomic mass is 32.2. The van der Waals surface area contributed by atoms with E-state index in [-0.39, 0.29) is 34.7 Å². The summed E-state index contributed by atoms with van der Waals surface area (Å²) < 4.78 is 115. The van der Waals surface area contributed by atoms with Crippen molar-refractivity contribution in [3.05, 3.63) is 101 Å². The number of pyridine rings is 1. The molecule has 1 saturated carbocycles. The molecule has 5 rings (SSSR count). The van der Waals surface area contributed by atoms with E-state index in [9.17, 15) is 39.6 Å². The van der Waals surface area contributed by atoms with E-state index in [1.807, 2.05) is 0 Å². The molecule has 0 aliphatic heterocycles. The number of carboxylic acid groups (broad SMARTS) is 1. The van der Waals surface area contributed by atoms with Crippen molar-refractivity contribution in [2.45, 2.75) is 36.4 Å². The first-order chi connectivity index (χ1) is 19.2. The lowest BCUT2D eigenvalue weighted by molar-refractivity contribution is -0.135. The number of fused-ring (bicyclic) bond motifs is 1. The zero-order valence-corrected chi connectivity index (χ0v) is 21.7. The Kier molecular flexibility index (Phi) is 6.96. The first-order valence-corrected chi connectivity index (χ1v) is 13.6. The maximum Gasteiger partial charge on any atom is 0.420 e. The van der Waals surface area contributed by atoms with Crippen LogP contribution in [0.25, 0.3) is 10.8 Å². The topological polar surface area (TPSA) is 87.6 Å². The highest BCUT2D eigenvalue weighted by Crippen LogP contribution is 2.50. The van der Waals surface area contributed by atoms with Gasteiger partial charge in [-0.3, -0.25) is 0 Å². The van der Waals surface area contributed by atoms with Crippen molar-refractivity contribution in [1.29, 1.82) is 0 Å². The van der Waals surface area contributed by atoms with Crippen molar-refractivity contribution in [3.8, 4) is 0 Å². The SMILES string of the molecule is O=C(O)c1ccc(S(=O)(=O)N(Cc2ccc(C(F)(F)C3CC3)c(F)c2)c2ncc3ccccc3c2C(F)(F)F)cc1. The fourth-order valence-electron chi connectivity index (χ4n) is 4.55. The lowest BCUT2D eigenvalue weighted by Gasteiger charge is -2.27. The monoisotopic (exact) mass is 594 g/mol. The quantitative estimate of drug-likeness (QED) is 0.222. The Bertz CT molecular complexity index is 1750. The number of alkyl halides is 5. The molecule has 1 N–H and O–H groups in total. The number of sulfonamides is 1. The summed E-state index contributed by atoms with van der Waals surface area (Å²) in [6.45, 7) is -0.899. The molecule has 0 amide bonds. The number of anilines is 1. The Hall–Kier alpha value is -4.13. The van der Waals surface area contributed by atoms with Crippen LogP contribution in [0.3, 0.4) is 0 Å². The Morgan fingerprint density at radius 3 is 2.22 bits per heavy atom. The van der Waals surface area contributed by atoms with Crippen molar-refractivity contribution in [2.24, 2.45) is 5.92 Å². The summed E-state index contributed by atoms with van der Waals surface area (Å²) in [5.74, 6) is -8.19. The van der Waals surface area contributed by atoms with Gasteiger partial charge in [-0.1, -0.05) is 30.3 Å². The number of aromatic carboxylic acids is 1. The number of halogens is 6. The van der Waals surface area contributed by atoms with Gasteiger partial charge < -0.3 is 5.11 Å². The highest BCUT2D eigenvalue weighted by molar-refractivity contribution is 7.92. The van der Waals surface area contributed by atoms with Crippen LogP contribution in [0.4, 0.5) is 32.2 Å². The number of hydrogen-bond donors (Lipinski definition) is 1. The van der Waals surface area contributed by atoms with E-state index >= 15 is 0 Å². The number of rotatable bonds is 8. The van der Waals surface area contributed by atoms with Gasteiger partial charge in [0.1, 0.15) is 11.4 Å². The maximum absolute atomic E-state index is 14.9. The van der Waals surface area contributed by atoms with Gasteiger partial charge >= 0.3 is 12.1 Å². The van der Waals surface area contributed by atoms with Crippen LogP contribution in [0.5, 0.6) is 0 Å². The number of benzene rings is 3. The molecule has 3 aromatic carbocycles. The van der Waals surface area contributed by atoms with Crippen molar-refractivity contribution in [2.75, 3.05) is 4.31 Å². The number of aromatic nitrogens is 1. The van der Waals surface area contributed by atoms with Gasteiger partial charge in [-0.15, -0.1) is 0 Å². The Labute approximate surface area is 229 Å². The zero-order valence-electron chi connectivity index (χ0n) is 20.9. The molecule has 1 aromatic heterocycles. The zero-order chi connectivity index (χ0) is 29.7. The van der Waals surface area contributed by atoms with E-state index < -0.39 is 68.2 Å². The molecule has 0 spiro atoms. The third-order valence-electron chi connectivity index (χ3n) is 6.80. The number of hydrogen-bond acceptors (Lipinski definition) is 4.